The van der Waals surface area contributed by atoms with Gasteiger partial charge < -0.3 is 4.74 Å². The zero-order valence-corrected chi connectivity index (χ0v) is 9.76. The third kappa shape index (κ3) is 1.61. The van der Waals surface area contributed by atoms with E-state index in [0.717, 1.165) is 3.58 Å². The zero-order valence-electron chi connectivity index (χ0n) is 7.61. The highest BCUT2D eigenvalue weighted by Crippen LogP contribution is 2.21. The van der Waals surface area contributed by atoms with Gasteiger partial charge >= 0.3 is 0 Å². The fourth-order valence-electron chi connectivity index (χ4n) is 1.39. The van der Waals surface area contributed by atoms with E-state index in [0.29, 0.717) is 12.4 Å². The highest BCUT2D eigenvalue weighted by Gasteiger charge is 2.33. The van der Waals surface area contributed by atoms with Crippen molar-refractivity contribution in [1.29, 1.82) is 0 Å². The Hall–Kier alpha value is -0.690. The first-order chi connectivity index (χ1) is 6.72. The van der Waals surface area contributed by atoms with Crippen LogP contribution < -0.4 is 0 Å². The Morgan fingerprint density at radius 3 is 3.21 bits per heavy atom. The van der Waals surface area contributed by atoms with Crippen LogP contribution >= 0.6 is 22.6 Å². The molecular formula is C9H9IN2O2. The van der Waals surface area contributed by atoms with Gasteiger partial charge in [-0.25, -0.2) is 0 Å². The molecule has 0 saturated carbocycles. The van der Waals surface area contributed by atoms with E-state index < -0.39 is 0 Å². The molecule has 0 bridgehead atoms. The second-order valence-electron chi connectivity index (χ2n) is 3.01. The van der Waals surface area contributed by atoms with Crippen LogP contribution in [-0.2, 0) is 9.53 Å². The van der Waals surface area contributed by atoms with Crippen molar-refractivity contribution in [3.8, 4) is 0 Å². The monoisotopic (exact) mass is 304 g/mol. The van der Waals surface area contributed by atoms with Crippen molar-refractivity contribution in [3.05, 3.63) is 21.9 Å². The van der Waals surface area contributed by atoms with Gasteiger partial charge in [0.05, 0.1) is 6.61 Å². The molecule has 74 valence electrons. The van der Waals surface area contributed by atoms with Crippen LogP contribution in [0.25, 0.3) is 0 Å². The minimum atomic E-state index is -0.377. The van der Waals surface area contributed by atoms with E-state index in [1.807, 2.05) is 12.2 Å². The predicted octanol–water partition coefficient (Wildman–Crippen LogP) is 1.09. The van der Waals surface area contributed by atoms with Gasteiger partial charge in [0, 0.05) is 16.9 Å². The van der Waals surface area contributed by atoms with Crippen LogP contribution in [0.15, 0.2) is 26.9 Å². The van der Waals surface area contributed by atoms with Gasteiger partial charge in [-0.05, 0) is 34.7 Å². The van der Waals surface area contributed by atoms with E-state index in [1.165, 1.54) is 0 Å². The minimum absolute atomic E-state index is 0.0155. The number of hydrogen-bond donors (Lipinski definition) is 0. The number of fused-ring (bicyclic) bond motifs is 1. The lowest BCUT2D eigenvalue weighted by atomic mass is 10.3. The molecule has 2 heterocycles. The largest absolute Gasteiger partial charge is 0.382 e. The van der Waals surface area contributed by atoms with Crippen LogP contribution in [0.4, 0.5) is 0 Å². The standard InChI is InChI=1S/C9H9IN2O2/c1-14-5-7-9(13)12-3-2-6(10)4-8(12)11-7/h2-4,7H,5H2,1H3. The Kier molecular flexibility index (Phi) is 2.69. The molecule has 0 aromatic carbocycles. The molecule has 0 N–H and O–H groups in total. The number of carbonyl (C=O) groups is 1. The van der Waals surface area contributed by atoms with Gasteiger partial charge in [0.1, 0.15) is 5.84 Å². The summed E-state index contributed by atoms with van der Waals surface area (Å²) >= 11 is 2.19. The highest BCUT2D eigenvalue weighted by atomic mass is 127. The number of hydrogen-bond acceptors (Lipinski definition) is 3. The molecule has 0 fully saturated rings. The first-order valence-electron chi connectivity index (χ1n) is 4.17. The molecule has 0 spiro atoms. The van der Waals surface area contributed by atoms with Gasteiger partial charge in [0.15, 0.2) is 6.04 Å². The maximum Gasteiger partial charge on any atom is 0.259 e. The Labute approximate surface area is 95.5 Å². The summed E-state index contributed by atoms with van der Waals surface area (Å²) in [5, 5.41) is 0. The number of methoxy groups -OCH3 is 1. The Balaban J connectivity index is 2.24. The van der Waals surface area contributed by atoms with Crippen LogP contribution in [0.5, 0.6) is 0 Å². The van der Waals surface area contributed by atoms with E-state index >= 15 is 0 Å². The van der Waals surface area contributed by atoms with Crippen LogP contribution in [0.2, 0.25) is 0 Å². The summed E-state index contributed by atoms with van der Waals surface area (Å²) in [5.41, 5.74) is 0. The normalized spacial score (nSPS) is 24.9. The number of amides is 1. The number of nitrogens with zero attached hydrogens (tertiary/aromatic N) is 2. The van der Waals surface area contributed by atoms with Gasteiger partial charge in [0.25, 0.3) is 5.91 Å². The fraction of sp³-hybridized carbons (Fsp3) is 0.333. The summed E-state index contributed by atoms with van der Waals surface area (Å²) in [6.07, 6.45) is 5.51. The number of carbonyl (C=O) groups excluding carboxylic acids is 1. The van der Waals surface area contributed by atoms with Gasteiger partial charge in [0.2, 0.25) is 0 Å². The molecule has 0 radical (unpaired) electrons. The average molecular weight is 304 g/mol. The molecular weight excluding hydrogens is 295 g/mol. The molecule has 0 saturated heterocycles. The molecule has 0 aliphatic carbocycles. The number of allylic oxidation sites excluding steroid dienone is 2. The van der Waals surface area contributed by atoms with Crippen molar-refractivity contribution in [2.45, 2.75) is 6.04 Å². The maximum absolute atomic E-state index is 11.7. The Bertz CT molecular complexity index is 360. The number of ether oxygens (including phenoxy) is 1. The second-order valence-corrected chi connectivity index (χ2v) is 4.26. The topological polar surface area (TPSA) is 41.9 Å². The van der Waals surface area contributed by atoms with E-state index in [1.54, 1.807) is 18.2 Å². The Morgan fingerprint density at radius 1 is 1.71 bits per heavy atom. The van der Waals surface area contributed by atoms with Gasteiger partial charge in [-0.2, -0.15) is 0 Å². The molecule has 4 nitrogen and oxygen atoms in total. The quantitative estimate of drug-likeness (QED) is 0.717. The van der Waals surface area contributed by atoms with Crippen LogP contribution in [-0.4, -0.2) is 36.4 Å². The van der Waals surface area contributed by atoms with E-state index in [9.17, 15) is 4.79 Å². The summed E-state index contributed by atoms with van der Waals surface area (Å²) in [5.74, 6) is 0.696. The van der Waals surface area contributed by atoms with Crippen molar-refractivity contribution in [3.63, 3.8) is 0 Å². The second kappa shape index (κ2) is 3.82. The third-order valence-electron chi connectivity index (χ3n) is 2.03. The van der Waals surface area contributed by atoms with Crippen molar-refractivity contribution >= 4 is 34.3 Å². The first kappa shape index (κ1) is 9.85. The number of aliphatic imine (C=N–C) groups is 1. The van der Waals surface area contributed by atoms with Crippen LogP contribution in [0.1, 0.15) is 0 Å². The maximum atomic E-state index is 11.7. The molecule has 14 heavy (non-hydrogen) atoms. The summed E-state index contributed by atoms with van der Waals surface area (Å²) in [4.78, 5) is 17.5. The summed E-state index contributed by atoms with van der Waals surface area (Å²) in [6, 6.07) is -0.377. The molecule has 2 aliphatic heterocycles. The molecule has 0 aromatic heterocycles. The smallest absolute Gasteiger partial charge is 0.259 e. The van der Waals surface area contributed by atoms with Crippen molar-refractivity contribution in [2.24, 2.45) is 4.99 Å². The highest BCUT2D eigenvalue weighted by molar-refractivity contribution is 14.1. The SMILES string of the molecule is COCC1N=C2C=C(I)C=CN2C1=O. The lowest BCUT2D eigenvalue weighted by molar-refractivity contribution is -0.126. The third-order valence-corrected chi connectivity index (χ3v) is 2.70. The van der Waals surface area contributed by atoms with E-state index in [4.69, 9.17) is 4.74 Å². The lowest BCUT2D eigenvalue weighted by Crippen LogP contribution is -2.32. The number of amidine groups is 1. The summed E-state index contributed by atoms with van der Waals surface area (Å²) < 4.78 is 6.00. The molecule has 1 unspecified atom stereocenters. The van der Waals surface area contributed by atoms with Gasteiger partial charge in [-0.1, -0.05) is 0 Å². The average Bonchev–Trinajstić information content (AvgIpc) is 2.44. The molecule has 2 aliphatic rings. The van der Waals surface area contributed by atoms with Crippen molar-refractivity contribution in [1.82, 2.24) is 4.90 Å². The summed E-state index contributed by atoms with van der Waals surface area (Å²) in [6.45, 7) is 0.344. The minimum Gasteiger partial charge on any atom is -0.382 e. The first-order valence-corrected chi connectivity index (χ1v) is 5.25. The lowest BCUT2D eigenvalue weighted by Gasteiger charge is -2.15. The van der Waals surface area contributed by atoms with Crippen molar-refractivity contribution in [2.75, 3.05) is 13.7 Å². The molecule has 1 amide bonds. The van der Waals surface area contributed by atoms with Crippen molar-refractivity contribution < 1.29 is 9.53 Å². The number of rotatable bonds is 2. The molecule has 2 rings (SSSR count). The zero-order chi connectivity index (χ0) is 10.1. The van der Waals surface area contributed by atoms with Gasteiger partial charge in [-0.3, -0.25) is 14.7 Å². The van der Waals surface area contributed by atoms with Crippen LogP contribution in [0, 0.1) is 0 Å². The number of halogens is 1. The van der Waals surface area contributed by atoms with Gasteiger partial charge in [-0.15, -0.1) is 0 Å². The van der Waals surface area contributed by atoms with Crippen LogP contribution in [0.3, 0.4) is 0 Å². The predicted molar refractivity (Wildman–Crippen MR) is 61.2 cm³/mol. The Morgan fingerprint density at radius 2 is 2.50 bits per heavy atom. The van der Waals surface area contributed by atoms with E-state index in [2.05, 4.69) is 27.6 Å². The fourth-order valence-corrected chi connectivity index (χ4v) is 1.83. The summed E-state index contributed by atoms with van der Waals surface area (Å²) in [7, 11) is 1.57. The molecule has 0 aromatic rings. The molecule has 5 heteroatoms. The van der Waals surface area contributed by atoms with E-state index in [-0.39, 0.29) is 11.9 Å². The molecule has 1 atom stereocenters.